The van der Waals surface area contributed by atoms with E-state index in [1.165, 1.54) is 19.3 Å². The van der Waals surface area contributed by atoms with Crippen LogP contribution in [0.5, 0.6) is 0 Å². The molecule has 1 aromatic rings. The standard InChI is InChI=1S/C18H28N4O2/c1-3-24-16-11-15(18(16)7-5-4-6-8-18)21-17(23)22(2)13-14-12-19-9-10-20-14/h9-10,12,15-16H,3-8,11,13H2,1-2H3,(H,21,23)/t15-,16+/m0/s1. The van der Waals surface area contributed by atoms with E-state index in [2.05, 4.69) is 22.2 Å². The van der Waals surface area contributed by atoms with Crippen LogP contribution in [0.25, 0.3) is 0 Å². The highest BCUT2D eigenvalue weighted by Crippen LogP contribution is 2.53. The van der Waals surface area contributed by atoms with Crippen molar-refractivity contribution < 1.29 is 9.53 Å². The SMILES string of the molecule is CCO[C@@H]1C[C@H](NC(=O)N(C)Cc2cnccn2)C12CCCCC2. The van der Waals surface area contributed by atoms with Gasteiger partial charge in [0.2, 0.25) is 0 Å². The molecule has 2 saturated carbocycles. The molecule has 0 bridgehead atoms. The van der Waals surface area contributed by atoms with E-state index in [1.54, 1.807) is 30.5 Å². The fraction of sp³-hybridized carbons (Fsp3) is 0.722. The van der Waals surface area contributed by atoms with E-state index in [-0.39, 0.29) is 17.5 Å². The zero-order valence-corrected chi connectivity index (χ0v) is 14.7. The number of rotatable bonds is 5. The molecule has 1 heterocycles. The van der Waals surface area contributed by atoms with Crippen molar-refractivity contribution >= 4 is 6.03 Å². The van der Waals surface area contributed by atoms with Gasteiger partial charge in [-0.1, -0.05) is 19.3 Å². The molecule has 1 aromatic heterocycles. The Labute approximate surface area is 144 Å². The van der Waals surface area contributed by atoms with Gasteiger partial charge in [0.15, 0.2) is 0 Å². The minimum absolute atomic E-state index is 0.0365. The van der Waals surface area contributed by atoms with E-state index < -0.39 is 0 Å². The zero-order chi connectivity index (χ0) is 17.0. The number of carbonyl (C=O) groups excluding carboxylic acids is 1. The second kappa shape index (κ2) is 7.47. The fourth-order valence-electron chi connectivity index (χ4n) is 4.25. The van der Waals surface area contributed by atoms with Gasteiger partial charge in [-0.15, -0.1) is 0 Å². The number of hydrogen-bond donors (Lipinski definition) is 1. The van der Waals surface area contributed by atoms with Gasteiger partial charge in [0.1, 0.15) is 0 Å². The minimum atomic E-state index is -0.0365. The van der Waals surface area contributed by atoms with Gasteiger partial charge >= 0.3 is 6.03 Å². The van der Waals surface area contributed by atoms with Crippen LogP contribution >= 0.6 is 0 Å². The highest BCUT2D eigenvalue weighted by atomic mass is 16.5. The minimum Gasteiger partial charge on any atom is -0.378 e. The van der Waals surface area contributed by atoms with Gasteiger partial charge in [-0.2, -0.15) is 0 Å². The number of ether oxygens (including phenoxy) is 1. The number of hydrogen-bond acceptors (Lipinski definition) is 4. The Kier molecular flexibility index (Phi) is 5.33. The van der Waals surface area contributed by atoms with Crippen LogP contribution in [0, 0.1) is 5.41 Å². The number of amides is 2. The topological polar surface area (TPSA) is 67.3 Å². The summed E-state index contributed by atoms with van der Waals surface area (Å²) in [7, 11) is 1.80. The molecule has 0 saturated heterocycles. The summed E-state index contributed by atoms with van der Waals surface area (Å²) in [5, 5.41) is 3.24. The van der Waals surface area contributed by atoms with Crippen molar-refractivity contribution in [3.05, 3.63) is 24.3 Å². The maximum Gasteiger partial charge on any atom is 0.317 e. The monoisotopic (exact) mass is 332 g/mol. The van der Waals surface area contributed by atoms with Crippen LogP contribution in [0.3, 0.4) is 0 Å². The quantitative estimate of drug-likeness (QED) is 0.900. The second-order valence-electron chi connectivity index (χ2n) is 7.03. The summed E-state index contributed by atoms with van der Waals surface area (Å²) >= 11 is 0. The third-order valence-electron chi connectivity index (χ3n) is 5.60. The smallest absolute Gasteiger partial charge is 0.317 e. The lowest BCUT2D eigenvalue weighted by atomic mass is 9.55. The average molecular weight is 332 g/mol. The van der Waals surface area contributed by atoms with Crippen molar-refractivity contribution in [3.8, 4) is 0 Å². The maximum atomic E-state index is 12.6. The molecule has 6 nitrogen and oxygen atoms in total. The number of nitrogens with one attached hydrogen (secondary N) is 1. The Hall–Kier alpha value is -1.69. The molecule has 1 spiro atoms. The van der Waals surface area contributed by atoms with Crippen LogP contribution in [-0.2, 0) is 11.3 Å². The van der Waals surface area contributed by atoms with Gasteiger partial charge in [-0.05, 0) is 26.2 Å². The van der Waals surface area contributed by atoms with Crippen molar-refractivity contribution in [1.29, 1.82) is 0 Å². The van der Waals surface area contributed by atoms with Crippen LogP contribution in [0.4, 0.5) is 4.79 Å². The summed E-state index contributed by atoms with van der Waals surface area (Å²) in [6.45, 7) is 3.27. The molecule has 2 atom stereocenters. The Morgan fingerprint density at radius 1 is 1.38 bits per heavy atom. The van der Waals surface area contributed by atoms with E-state index >= 15 is 0 Å². The number of urea groups is 1. The molecule has 2 aliphatic carbocycles. The molecule has 2 amide bonds. The molecular weight excluding hydrogens is 304 g/mol. The predicted molar refractivity (Wildman–Crippen MR) is 91.4 cm³/mol. The molecule has 24 heavy (non-hydrogen) atoms. The summed E-state index contributed by atoms with van der Waals surface area (Å²) in [5.74, 6) is 0. The summed E-state index contributed by atoms with van der Waals surface area (Å²) in [4.78, 5) is 22.5. The first kappa shape index (κ1) is 17.1. The molecule has 0 aromatic carbocycles. The van der Waals surface area contributed by atoms with Crippen LogP contribution in [0.15, 0.2) is 18.6 Å². The molecule has 6 heteroatoms. The van der Waals surface area contributed by atoms with Crippen LogP contribution in [0.2, 0.25) is 0 Å². The van der Waals surface area contributed by atoms with Crippen LogP contribution < -0.4 is 5.32 Å². The molecule has 1 N–H and O–H groups in total. The number of carbonyl (C=O) groups is 1. The van der Waals surface area contributed by atoms with E-state index in [0.717, 1.165) is 31.6 Å². The Balaban J connectivity index is 1.59. The van der Waals surface area contributed by atoms with Gasteiger partial charge in [-0.3, -0.25) is 9.97 Å². The fourth-order valence-corrected chi connectivity index (χ4v) is 4.25. The van der Waals surface area contributed by atoms with Gasteiger partial charge in [0.05, 0.1) is 24.5 Å². The van der Waals surface area contributed by atoms with Crippen molar-refractivity contribution in [2.75, 3.05) is 13.7 Å². The lowest BCUT2D eigenvalue weighted by molar-refractivity contribution is -0.147. The van der Waals surface area contributed by atoms with Gasteiger partial charge in [0.25, 0.3) is 0 Å². The second-order valence-corrected chi connectivity index (χ2v) is 7.03. The van der Waals surface area contributed by atoms with E-state index in [0.29, 0.717) is 12.6 Å². The van der Waals surface area contributed by atoms with Gasteiger partial charge < -0.3 is 15.0 Å². The lowest BCUT2D eigenvalue weighted by Gasteiger charge is -2.57. The molecule has 0 unspecified atom stereocenters. The first-order valence-electron chi connectivity index (χ1n) is 9.04. The van der Waals surface area contributed by atoms with E-state index in [9.17, 15) is 4.79 Å². The molecule has 0 radical (unpaired) electrons. The Bertz CT molecular complexity index is 545. The largest absolute Gasteiger partial charge is 0.378 e. The summed E-state index contributed by atoms with van der Waals surface area (Å²) < 4.78 is 5.96. The van der Waals surface area contributed by atoms with E-state index in [1.807, 2.05) is 0 Å². The third kappa shape index (κ3) is 3.38. The van der Waals surface area contributed by atoms with Gasteiger partial charge in [0, 0.05) is 37.5 Å². The van der Waals surface area contributed by atoms with Crippen molar-refractivity contribution in [2.45, 2.75) is 64.1 Å². The van der Waals surface area contributed by atoms with Crippen molar-refractivity contribution in [2.24, 2.45) is 5.41 Å². The molecule has 132 valence electrons. The number of aromatic nitrogens is 2. The maximum absolute atomic E-state index is 12.6. The highest BCUT2D eigenvalue weighted by molar-refractivity contribution is 5.74. The summed E-state index contributed by atoms with van der Waals surface area (Å²) in [6, 6.07) is 0.191. The van der Waals surface area contributed by atoms with Crippen molar-refractivity contribution in [3.63, 3.8) is 0 Å². The predicted octanol–water partition coefficient (Wildman–Crippen LogP) is 2.75. The Morgan fingerprint density at radius 2 is 2.17 bits per heavy atom. The van der Waals surface area contributed by atoms with E-state index in [4.69, 9.17) is 4.74 Å². The molecule has 2 fully saturated rings. The Morgan fingerprint density at radius 3 is 2.83 bits per heavy atom. The molecule has 0 aliphatic heterocycles. The zero-order valence-electron chi connectivity index (χ0n) is 14.7. The van der Waals surface area contributed by atoms with Gasteiger partial charge in [-0.25, -0.2) is 4.79 Å². The molecular formula is C18H28N4O2. The first-order chi connectivity index (χ1) is 11.7. The molecule has 3 rings (SSSR count). The van der Waals surface area contributed by atoms with Crippen LogP contribution in [-0.4, -0.2) is 46.7 Å². The van der Waals surface area contributed by atoms with Crippen molar-refractivity contribution in [1.82, 2.24) is 20.2 Å². The third-order valence-corrected chi connectivity index (χ3v) is 5.60. The molecule has 2 aliphatic rings. The summed E-state index contributed by atoms with van der Waals surface area (Å²) in [5.41, 5.74) is 0.945. The lowest BCUT2D eigenvalue weighted by Crippen LogP contribution is -2.66. The average Bonchev–Trinajstić information content (AvgIpc) is 2.62. The normalized spacial score (nSPS) is 25.1. The summed E-state index contributed by atoms with van der Waals surface area (Å²) in [6.07, 6.45) is 12.3. The number of nitrogens with zero attached hydrogens (tertiary/aromatic N) is 3. The first-order valence-corrected chi connectivity index (χ1v) is 9.04. The van der Waals surface area contributed by atoms with Crippen LogP contribution in [0.1, 0.15) is 51.1 Å². The highest BCUT2D eigenvalue weighted by Gasteiger charge is 2.56.